The third-order valence-corrected chi connectivity index (χ3v) is 5.79. The topological polar surface area (TPSA) is 111 Å². The summed E-state index contributed by atoms with van der Waals surface area (Å²) in [5, 5.41) is 15.4. The van der Waals surface area contributed by atoms with Crippen molar-refractivity contribution in [1.82, 2.24) is 25.1 Å². The molecule has 0 saturated carbocycles. The van der Waals surface area contributed by atoms with E-state index in [0.29, 0.717) is 29.4 Å². The molecule has 0 fully saturated rings. The molecule has 0 aliphatic rings. The van der Waals surface area contributed by atoms with Crippen LogP contribution in [0.25, 0.3) is 16.9 Å². The van der Waals surface area contributed by atoms with Crippen molar-refractivity contribution in [2.75, 3.05) is 37.5 Å². The first kappa shape index (κ1) is 25.1. The lowest BCUT2D eigenvalue weighted by atomic mass is 9.93. The lowest BCUT2D eigenvalue weighted by molar-refractivity contribution is 0.102. The third kappa shape index (κ3) is 5.60. The average Bonchev–Trinajstić information content (AvgIpc) is 3.53. The zero-order valence-electron chi connectivity index (χ0n) is 21.4. The summed E-state index contributed by atoms with van der Waals surface area (Å²) in [7, 11) is 3.66. The predicted molar refractivity (Wildman–Crippen MR) is 138 cm³/mol. The molecule has 0 bridgehead atoms. The maximum atomic E-state index is 12.9. The Labute approximate surface area is 210 Å². The molecule has 188 valence electrons. The molecule has 3 aromatic heterocycles. The quantitative estimate of drug-likeness (QED) is 0.391. The number of hydrogen-bond acceptors (Lipinski definition) is 8. The van der Waals surface area contributed by atoms with Crippen LogP contribution in [0.15, 0.2) is 53.4 Å². The molecule has 1 aromatic carbocycles. The first-order chi connectivity index (χ1) is 17.2. The van der Waals surface area contributed by atoms with Crippen molar-refractivity contribution in [3.63, 3.8) is 0 Å². The molecule has 3 heterocycles. The van der Waals surface area contributed by atoms with Crippen molar-refractivity contribution >= 4 is 17.4 Å². The van der Waals surface area contributed by atoms with Crippen molar-refractivity contribution in [3.8, 4) is 16.9 Å². The van der Waals surface area contributed by atoms with Crippen LogP contribution in [0.4, 0.5) is 11.5 Å². The number of hydrogen-bond donors (Lipinski definition) is 1. The molecule has 0 aliphatic carbocycles. The number of carbonyl (C=O) groups excluding carboxylic acids is 1. The van der Waals surface area contributed by atoms with Crippen LogP contribution in [-0.4, -0.2) is 58.4 Å². The van der Waals surface area contributed by atoms with Crippen LogP contribution >= 0.6 is 0 Å². The number of amides is 1. The molecule has 0 spiro atoms. The van der Waals surface area contributed by atoms with Gasteiger partial charge in [-0.1, -0.05) is 37.2 Å². The van der Waals surface area contributed by atoms with Gasteiger partial charge in [0.15, 0.2) is 5.82 Å². The second-order valence-electron chi connectivity index (χ2n) is 9.68. The van der Waals surface area contributed by atoms with Gasteiger partial charge in [0.2, 0.25) is 0 Å². The number of methoxy groups -OCH3 is 1. The highest BCUT2D eigenvalue weighted by atomic mass is 16.5. The number of rotatable bonds is 8. The van der Waals surface area contributed by atoms with Crippen molar-refractivity contribution < 1.29 is 14.1 Å². The van der Waals surface area contributed by atoms with E-state index in [4.69, 9.17) is 9.26 Å². The standard InChI is InChI=1S/C26H31N7O3/c1-17-7-8-18(25(34)28-24-13-23(36-30-24)26(2,3)4)12-22(17)33-16-21(29-31-33)19-11-20(15-27-14-19)32(5)9-10-35-6/h7-8,11-16H,9-10H2,1-6H3,(H,28,30,34). The molecule has 4 rings (SSSR count). The molecule has 1 N–H and O–H groups in total. The second kappa shape index (κ2) is 10.3. The van der Waals surface area contributed by atoms with Crippen LogP contribution in [-0.2, 0) is 10.2 Å². The third-order valence-electron chi connectivity index (χ3n) is 5.79. The van der Waals surface area contributed by atoms with Gasteiger partial charge in [-0.05, 0) is 30.7 Å². The van der Waals surface area contributed by atoms with Crippen LogP contribution in [0.1, 0.15) is 42.5 Å². The summed E-state index contributed by atoms with van der Waals surface area (Å²) in [6.07, 6.45) is 5.38. The van der Waals surface area contributed by atoms with Gasteiger partial charge in [-0.2, -0.15) is 0 Å². The first-order valence-electron chi connectivity index (χ1n) is 11.6. The molecule has 0 saturated heterocycles. The maximum Gasteiger partial charge on any atom is 0.256 e. The molecule has 0 aliphatic heterocycles. The van der Waals surface area contributed by atoms with Crippen molar-refractivity contribution in [2.45, 2.75) is 33.1 Å². The van der Waals surface area contributed by atoms with Gasteiger partial charge in [-0.3, -0.25) is 9.78 Å². The van der Waals surface area contributed by atoms with Gasteiger partial charge in [0.1, 0.15) is 11.5 Å². The van der Waals surface area contributed by atoms with Gasteiger partial charge in [0, 0.05) is 49.5 Å². The highest BCUT2D eigenvalue weighted by molar-refractivity contribution is 6.04. The average molecular weight is 490 g/mol. The molecular formula is C26H31N7O3. The Hall–Kier alpha value is -4.05. The minimum atomic E-state index is -0.290. The van der Waals surface area contributed by atoms with Crippen LogP contribution in [0, 0.1) is 6.92 Å². The zero-order chi connectivity index (χ0) is 25.9. The molecule has 10 nitrogen and oxygen atoms in total. The fourth-order valence-corrected chi connectivity index (χ4v) is 3.52. The second-order valence-corrected chi connectivity index (χ2v) is 9.68. The zero-order valence-corrected chi connectivity index (χ0v) is 21.4. The van der Waals surface area contributed by atoms with Gasteiger partial charge in [-0.25, -0.2) is 4.68 Å². The SMILES string of the molecule is COCCN(C)c1cncc(-c2cn(-c3cc(C(=O)Nc4cc(C(C)(C)C)on4)ccc3C)nn2)c1. The Bertz CT molecular complexity index is 1350. The van der Waals surface area contributed by atoms with E-state index in [9.17, 15) is 4.79 Å². The summed E-state index contributed by atoms with van der Waals surface area (Å²) < 4.78 is 12.2. The summed E-state index contributed by atoms with van der Waals surface area (Å²) in [4.78, 5) is 19.3. The van der Waals surface area contributed by atoms with Gasteiger partial charge >= 0.3 is 0 Å². The van der Waals surface area contributed by atoms with Gasteiger partial charge in [0.05, 0.1) is 30.4 Å². The molecule has 0 radical (unpaired) electrons. The number of nitrogens with one attached hydrogen (secondary N) is 1. The van der Waals surface area contributed by atoms with Gasteiger partial charge < -0.3 is 19.5 Å². The number of anilines is 2. The Morgan fingerprint density at radius 2 is 2.00 bits per heavy atom. The molecule has 1 amide bonds. The molecule has 10 heteroatoms. The summed E-state index contributed by atoms with van der Waals surface area (Å²) in [6, 6.07) is 9.17. The molecule has 4 aromatic rings. The predicted octanol–water partition coefficient (Wildman–Crippen LogP) is 4.26. The molecule has 0 atom stereocenters. The number of carbonyl (C=O) groups is 1. The number of pyridine rings is 1. The lowest BCUT2D eigenvalue weighted by Gasteiger charge is -2.18. The number of benzene rings is 1. The fraction of sp³-hybridized carbons (Fsp3) is 0.346. The Morgan fingerprint density at radius 3 is 2.72 bits per heavy atom. The van der Waals surface area contributed by atoms with Crippen LogP contribution in [0.2, 0.25) is 0 Å². The van der Waals surface area contributed by atoms with E-state index in [1.54, 1.807) is 42.4 Å². The largest absolute Gasteiger partial charge is 0.383 e. The number of ether oxygens (including phenoxy) is 1. The Morgan fingerprint density at radius 1 is 1.19 bits per heavy atom. The Balaban J connectivity index is 1.55. The van der Waals surface area contributed by atoms with E-state index < -0.39 is 0 Å². The molecule has 0 unspecified atom stereocenters. The lowest BCUT2D eigenvalue weighted by Crippen LogP contribution is -2.22. The minimum absolute atomic E-state index is 0.202. The van der Waals surface area contributed by atoms with Crippen LogP contribution in [0.3, 0.4) is 0 Å². The summed E-state index contributed by atoms with van der Waals surface area (Å²) in [5.41, 5.74) is 4.44. The van der Waals surface area contributed by atoms with E-state index in [2.05, 4.69) is 30.7 Å². The number of likely N-dealkylation sites (N-methyl/N-ethyl adjacent to an activating group) is 1. The first-order valence-corrected chi connectivity index (χ1v) is 11.6. The maximum absolute atomic E-state index is 12.9. The summed E-state index contributed by atoms with van der Waals surface area (Å²) in [6.45, 7) is 9.37. The summed E-state index contributed by atoms with van der Waals surface area (Å²) in [5.74, 6) is 0.778. The van der Waals surface area contributed by atoms with Crippen LogP contribution in [0.5, 0.6) is 0 Å². The molecular weight excluding hydrogens is 458 g/mol. The van der Waals surface area contributed by atoms with Crippen molar-refractivity contribution in [1.29, 1.82) is 0 Å². The normalized spacial score (nSPS) is 11.5. The monoisotopic (exact) mass is 489 g/mol. The van der Waals surface area contributed by atoms with E-state index in [1.807, 2.05) is 53.1 Å². The number of aromatic nitrogens is 5. The van der Waals surface area contributed by atoms with E-state index in [1.165, 1.54) is 0 Å². The van der Waals surface area contributed by atoms with Crippen LogP contribution < -0.4 is 10.2 Å². The van der Waals surface area contributed by atoms with E-state index in [-0.39, 0.29) is 11.3 Å². The fourth-order valence-electron chi connectivity index (χ4n) is 3.52. The van der Waals surface area contributed by atoms with Crippen molar-refractivity contribution in [2.24, 2.45) is 0 Å². The minimum Gasteiger partial charge on any atom is -0.383 e. The Kier molecular flexibility index (Phi) is 7.16. The highest BCUT2D eigenvalue weighted by Gasteiger charge is 2.21. The van der Waals surface area contributed by atoms with E-state index in [0.717, 1.165) is 29.0 Å². The number of nitrogens with zero attached hydrogens (tertiary/aromatic N) is 6. The smallest absolute Gasteiger partial charge is 0.256 e. The highest BCUT2D eigenvalue weighted by Crippen LogP contribution is 2.26. The van der Waals surface area contributed by atoms with E-state index >= 15 is 0 Å². The molecule has 36 heavy (non-hydrogen) atoms. The van der Waals surface area contributed by atoms with Gasteiger partial charge in [0.25, 0.3) is 5.91 Å². The number of aryl methyl sites for hydroxylation is 1. The summed E-state index contributed by atoms with van der Waals surface area (Å²) >= 11 is 0. The van der Waals surface area contributed by atoms with Gasteiger partial charge in [-0.15, -0.1) is 5.10 Å². The van der Waals surface area contributed by atoms with Crippen molar-refractivity contribution in [3.05, 3.63) is 65.8 Å².